The molecule has 0 unspecified atom stereocenters. The van der Waals surface area contributed by atoms with Gasteiger partial charge in [-0.25, -0.2) is 18.7 Å². The Bertz CT molecular complexity index is 602. The first-order valence-electron chi connectivity index (χ1n) is 4.98. The normalized spacial score (nSPS) is 10.2. The van der Waals surface area contributed by atoms with E-state index >= 15 is 0 Å². The standard InChI is InChI=1S/C12H8F2N2O2/c1-18-12-10(15-4-5-16-12)11(17)8-3-2-7(13)6-9(8)14/h2-6H,1H3. The van der Waals surface area contributed by atoms with Crippen LogP contribution in [-0.2, 0) is 0 Å². The summed E-state index contributed by atoms with van der Waals surface area (Å²) in [6.07, 6.45) is 2.63. The number of methoxy groups -OCH3 is 1. The summed E-state index contributed by atoms with van der Waals surface area (Å²) in [6, 6.07) is 2.69. The lowest BCUT2D eigenvalue weighted by molar-refractivity contribution is 0.102. The first kappa shape index (κ1) is 12.1. The van der Waals surface area contributed by atoms with Gasteiger partial charge in [0.1, 0.15) is 11.6 Å². The first-order valence-corrected chi connectivity index (χ1v) is 4.98. The molecule has 0 aliphatic rings. The maximum absolute atomic E-state index is 13.5. The Kier molecular flexibility index (Phi) is 3.27. The Morgan fingerprint density at radius 2 is 1.94 bits per heavy atom. The largest absolute Gasteiger partial charge is 0.479 e. The molecule has 0 aliphatic carbocycles. The molecule has 0 fully saturated rings. The summed E-state index contributed by atoms with van der Waals surface area (Å²) in [5.74, 6) is -2.42. The molecule has 0 amide bonds. The molecule has 4 nitrogen and oxygen atoms in total. The Morgan fingerprint density at radius 1 is 1.22 bits per heavy atom. The number of ketones is 1. The van der Waals surface area contributed by atoms with E-state index in [2.05, 4.69) is 9.97 Å². The van der Waals surface area contributed by atoms with Crippen molar-refractivity contribution in [2.45, 2.75) is 0 Å². The van der Waals surface area contributed by atoms with Crippen molar-refractivity contribution in [2.75, 3.05) is 7.11 Å². The number of benzene rings is 1. The molecule has 2 aromatic rings. The zero-order chi connectivity index (χ0) is 13.1. The van der Waals surface area contributed by atoms with E-state index in [-0.39, 0.29) is 17.1 Å². The summed E-state index contributed by atoms with van der Waals surface area (Å²) in [4.78, 5) is 19.6. The van der Waals surface area contributed by atoms with Crippen LogP contribution in [0.2, 0.25) is 0 Å². The van der Waals surface area contributed by atoms with Crippen LogP contribution in [0.25, 0.3) is 0 Å². The van der Waals surface area contributed by atoms with Crippen LogP contribution in [0.15, 0.2) is 30.6 Å². The zero-order valence-electron chi connectivity index (χ0n) is 9.35. The maximum Gasteiger partial charge on any atom is 0.243 e. The Labute approximate surface area is 101 Å². The SMILES string of the molecule is COc1nccnc1C(=O)c1ccc(F)cc1F. The highest BCUT2D eigenvalue weighted by molar-refractivity contribution is 6.09. The molecule has 0 bridgehead atoms. The van der Waals surface area contributed by atoms with Crippen molar-refractivity contribution in [3.63, 3.8) is 0 Å². The lowest BCUT2D eigenvalue weighted by atomic mass is 10.1. The fourth-order valence-electron chi connectivity index (χ4n) is 1.43. The predicted octanol–water partition coefficient (Wildman–Crippen LogP) is 1.99. The van der Waals surface area contributed by atoms with E-state index in [1.54, 1.807) is 0 Å². The molecule has 1 aromatic carbocycles. The smallest absolute Gasteiger partial charge is 0.243 e. The van der Waals surface area contributed by atoms with Gasteiger partial charge < -0.3 is 4.74 Å². The molecule has 0 saturated carbocycles. The molecule has 0 radical (unpaired) electrons. The van der Waals surface area contributed by atoms with Crippen LogP contribution in [-0.4, -0.2) is 22.9 Å². The van der Waals surface area contributed by atoms with Crippen molar-refractivity contribution in [1.82, 2.24) is 9.97 Å². The fraction of sp³-hybridized carbons (Fsp3) is 0.0833. The third kappa shape index (κ3) is 2.17. The van der Waals surface area contributed by atoms with Gasteiger partial charge in [0.05, 0.1) is 12.7 Å². The van der Waals surface area contributed by atoms with Gasteiger partial charge in [-0.15, -0.1) is 0 Å². The zero-order valence-corrected chi connectivity index (χ0v) is 9.35. The highest BCUT2D eigenvalue weighted by Gasteiger charge is 2.20. The van der Waals surface area contributed by atoms with Gasteiger partial charge in [0.25, 0.3) is 0 Å². The van der Waals surface area contributed by atoms with Crippen molar-refractivity contribution in [2.24, 2.45) is 0 Å². The minimum absolute atomic E-state index is 0.00812. The number of aromatic nitrogens is 2. The molecule has 0 N–H and O–H groups in total. The van der Waals surface area contributed by atoms with Crippen LogP contribution >= 0.6 is 0 Å². The molecule has 1 aromatic heterocycles. The third-order valence-electron chi connectivity index (χ3n) is 2.25. The Morgan fingerprint density at radius 3 is 2.61 bits per heavy atom. The van der Waals surface area contributed by atoms with Crippen LogP contribution in [0.4, 0.5) is 8.78 Å². The molecule has 1 heterocycles. The summed E-state index contributed by atoms with van der Waals surface area (Å²) in [6.45, 7) is 0. The van der Waals surface area contributed by atoms with Gasteiger partial charge in [0.15, 0.2) is 5.69 Å². The molecule has 0 aliphatic heterocycles. The Balaban J connectivity index is 2.48. The Hall–Kier alpha value is -2.37. The summed E-state index contributed by atoms with van der Waals surface area (Å²) in [5, 5.41) is 0. The third-order valence-corrected chi connectivity index (χ3v) is 2.25. The minimum Gasteiger partial charge on any atom is -0.479 e. The van der Waals surface area contributed by atoms with Gasteiger partial charge in [-0.05, 0) is 12.1 Å². The van der Waals surface area contributed by atoms with E-state index in [4.69, 9.17) is 4.74 Å². The van der Waals surface area contributed by atoms with E-state index in [0.29, 0.717) is 6.07 Å². The molecular formula is C12H8F2N2O2. The maximum atomic E-state index is 13.5. The average Bonchev–Trinajstić information content (AvgIpc) is 2.38. The number of ether oxygens (including phenoxy) is 1. The molecule has 18 heavy (non-hydrogen) atoms. The summed E-state index contributed by atoms with van der Waals surface area (Å²) < 4.78 is 31.1. The topological polar surface area (TPSA) is 52.1 Å². The first-order chi connectivity index (χ1) is 8.63. The number of hydrogen-bond donors (Lipinski definition) is 0. The number of carbonyl (C=O) groups is 1. The van der Waals surface area contributed by atoms with Gasteiger partial charge in [0, 0.05) is 18.5 Å². The van der Waals surface area contributed by atoms with E-state index in [1.165, 1.54) is 19.5 Å². The molecule has 92 valence electrons. The van der Waals surface area contributed by atoms with Gasteiger partial charge in [0.2, 0.25) is 11.7 Å². The summed E-state index contributed by atoms with van der Waals surface area (Å²) >= 11 is 0. The van der Waals surface area contributed by atoms with Crippen molar-refractivity contribution in [3.8, 4) is 5.88 Å². The fourth-order valence-corrected chi connectivity index (χ4v) is 1.43. The highest BCUT2D eigenvalue weighted by Crippen LogP contribution is 2.18. The van der Waals surface area contributed by atoms with Crippen LogP contribution in [0, 0.1) is 11.6 Å². The summed E-state index contributed by atoms with van der Waals surface area (Å²) in [7, 11) is 1.32. The lowest BCUT2D eigenvalue weighted by Gasteiger charge is -2.05. The van der Waals surface area contributed by atoms with E-state index in [1.807, 2.05) is 0 Å². The minimum atomic E-state index is -0.951. The van der Waals surface area contributed by atoms with Gasteiger partial charge in [-0.1, -0.05) is 0 Å². The van der Waals surface area contributed by atoms with Gasteiger partial charge >= 0.3 is 0 Å². The molecular weight excluding hydrogens is 242 g/mol. The second-order valence-corrected chi connectivity index (χ2v) is 3.37. The van der Waals surface area contributed by atoms with E-state index in [9.17, 15) is 13.6 Å². The van der Waals surface area contributed by atoms with Crippen LogP contribution in [0.5, 0.6) is 5.88 Å². The molecule has 6 heteroatoms. The van der Waals surface area contributed by atoms with Gasteiger partial charge in [-0.2, -0.15) is 0 Å². The molecule has 0 atom stereocenters. The monoisotopic (exact) mass is 250 g/mol. The number of hydrogen-bond acceptors (Lipinski definition) is 4. The number of carbonyl (C=O) groups excluding carboxylic acids is 1. The lowest BCUT2D eigenvalue weighted by Crippen LogP contribution is -2.09. The van der Waals surface area contributed by atoms with Crippen LogP contribution in [0.1, 0.15) is 16.1 Å². The number of nitrogens with zero attached hydrogens (tertiary/aromatic N) is 2. The predicted molar refractivity (Wildman–Crippen MR) is 58.4 cm³/mol. The molecule has 2 rings (SSSR count). The molecule has 0 spiro atoms. The van der Waals surface area contributed by atoms with Crippen molar-refractivity contribution in [1.29, 1.82) is 0 Å². The molecule has 0 saturated heterocycles. The average molecular weight is 250 g/mol. The quantitative estimate of drug-likeness (QED) is 0.782. The van der Waals surface area contributed by atoms with Crippen LogP contribution < -0.4 is 4.74 Å². The highest BCUT2D eigenvalue weighted by atomic mass is 19.1. The van der Waals surface area contributed by atoms with Crippen molar-refractivity contribution >= 4 is 5.78 Å². The van der Waals surface area contributed by atoms with Crippen LogP contribution in [0.3, 0.4) is 0 Å². The van der Waals surface area contributed by atoms with E-state index < -0.39 is 17.4 Å². The van der Waals surface area contributed by atoms with Crippen molar-refractivity contribution < 1.29 is 18.3 Å². The van der Waals surface area contributed by atoms with Crippen molar-refractivity contribution in [3.05, 3.63) is 53.5 Å². The second kappa shape index (κ2) is 4.87. The van der Waals surface area contributed by atoms with E-state index in [0.717, 1.165) is 12.1 Å². The summed E-state index contributed by atoms with van der Waals surface area (Å²) in [5.41, 5.74) is -0.402. The second-order valence-electron chi connectivity index (χ2n) is 3.37. The number of rotatable bonds is 3. The number of halogens is 2. The van der Waals surface area contributed by atoms with Gasteiger partial charge in [-0.3, -0.25) is 4.79 Å².